The molecule has 0 radical (unpaired) electrons. The number of hydrogen-bond donors (Lipinski definition) is 1. The molecule has 0 saturated heterocycles. The van der Waals surface area contributed by atoms with Crippen LogP contribution in [0.5, 0.6) is 0 Å². The van der Waals surface area contributed by atoms with E-state index in [0.29, 0.717) is 26.2 Å². The Kier molecular flexibility index (Phi) is 6.56. The second-order valence-corrected chi connectivity index (χ2v) is 4.74. The van der Waals surface area contributed by atoms with Crippen LogP contribution in [0.15, 0.2) is 11.8 Å². The number of aliphatic carboxylic acids is 1. The standard InChI is InChI=1S/C14H24N2O3/c1-3-15(10-9-14(18)19)11-13(17)16(4-2)12-7-5-6-8-12/h7H,3-6,8-11H2,1-2H3,(H,18,19). The number of carboxylic acids is 1. The summed E-state index contributed by atoms with van der Waals surface area (Å²) in [6.07, 6.45) is 5.36. The Morgan fingerprint density at radius 3 is 2.53 bits per heavy atom. The van der Waals surface area contributed by atoms with Crippen molar-refractivity contribution in [1.29, 1.82) is 0 Å². The highest BCUT2D eigenvalue weighted by Gasteiger charge is 2.20. The van der Waals surface area contributed by atoms with Gasteiger partial charge >= 0.3 is 5.97 Å². The smallest absolute Gasteiger partial charge is 0.304 e. The van der Waals surface area contributed by atoms with Gasteiger partial charge in [0.1, 0.15) is 0 Å². The largest absolute Gasteiger partial charge is 0.481 e. The Morgan fingerprint density at radius 2 is 2.05 bits per heavy atom. The molecule has 0 bridgehead atoms. The summed E-state index contributed by atoms with van der Waals surface area (Å²) in [5, 5.41) is 8.69. The maximum atomic E-state index is 12.3. The molecule has 1 aliphatic carbocycles. The van der Waals surface area contributed by atoms with Gasteiger partial charge in [-0.1, -0.05) is 13.0 Å². The van der Waals surface area contributed by atoms with Gasteiger partial charge in [-0.2, -0.15) is 0 Å². The van der Waals surface area contributed by atoms with E-state index in [9.17, 15) is 9.59 Å². The molecule has 0 atom stereocenters. The number of carboxylic acid groups (broad SMARTS) is 1. The minimum atomic E-state index is -0.822. The molecular weight excluding hydrogens is 244 g/mol. The second kappa shape index (κ2) is 7.94. The molecule has 1 rings (SSSR count). The van der Waals surface area contributed by atoms with Crippen LogP contribution in [-0.2, 0) is 9.59 Å². The molecule has 1 amide bonds. The van der Waals surface area contributed by atoms with Gasteiger partial charge < -0.3 is 10.0 Å². The van der Waals surface area contributed by atoms with Gasteiger partial charge in [0.15, 0.2) is 0 Å². The molecule has 0 spiro atoms. The zero-order valence-corrected chi connectivity index (χ0v) is 11.9. The number of carbonyl (C=O) groups is 2. The summed E-state index contributed by atoms with van der Waals surface area (Å²) >= 11 is 0. The summed E-state index contributed by atoms with van der Waals surface area (Å²) in [5.74, 6) is -0.750. The third kappa shape index (κ3) is 5.03. The first kappa shape index (κ1) is 15.7. The second-order valence-electron chi connectivity index (χ2n) is 4.74. The molecule has 5 heteroatoms. The average Bonchev–Trinajstić information content (AvgIpc) is 2.88. The Balaban J connectivity index is 2.52. The lowest BCUT2D eigenvalue weighted by Crippen LogP contribution is -2.40. The molecule has 5 nitrogen and oxygen atoms in total. The molecule has 0 aromatic rings. The average molecular weight is 268 g/mol. The first-order valence-corrected chi connectivity index (χ1v) is 7.02. The van der Waals surface area contributed by atoms with E-state index in [0.717, 1.165) is 25.0 Å². The van der Waals surface area contributed by atoms with E-state index in [-0.39, 0.29) is 12.3 Å². The third-order valence-electron chi connectivity index (χ3n) is 3.43. The van der Waals surface area contributed by atoms with Crippen molar-refractivity contribution < 1.29 is 14.7 Å². The van der Waals surface area contributed by atoms with Gasteiger partial charge in [-0.25, -0.2) is 0 Å². The summed E-state index contributed by atoms with van der Waals surface area (Å²) in [6.45, 7) is 6.02. The van der Waals surface area contributed by atoms with E-state index in [1.807, 2.05) is 23.6 Å². The lowest BCUT2D eigenvalue weighted by Gasteiger charge is -2.26. The van der Waals surface area contributed by atoms with E-state index in [2.05, 4.69) is 6.08 Å². The topological polar surface area (TPSA) is 60.9 Å². The van der Waals surface area contributed by atoms with Gasteiger partial charge in [0.05, 0.1) is 13.0 Å². The van der Waals surface area contributed by atoms with Crippen molar-refractivity contribution in [3.05, 3.63) is 11.8 Å². The number of allylic oxidation sites excluding steroid dienone is 2. The number of nitrogens with zero attached hydrogens (tertiary/aromatic N) is 2. The van der Waals surface area contributed by atoms with E-state index in [4.69, 9.17) is 5.11 Å². The molecule has 108 valence electrons. The molecule has 0 fully saturated rings. The van der Waals surface area contributed by atoms with Crippen molar-refractivity contribution in [2.24, 2.45) is 0 Å². The minimum absolute atomic E-state index is 0.0721. The Labute approximate surface area is 114 Å². The van der Waals surface area contributed by atoms with Gasteiger partial charge in [0, 0.05) is 18.8 Å². The van der Waals surface area contributed by atoms with Crippen molar-refractivity contribution >= 4 is 11.9 Å². The first-order chi connectivity index (χ1) is 9.08. The third-order valence-corrected chi connectivity index (χ3v) is 3.43. The van der Waals surface area contributed by atoms with E-state index < -0.39 is 5.97 Å². The van der Waals surface area contributed by atoms with Crippen molar-refractivity contribution in [2.75, 3.05) is 26.2 Å². The van der Waals surface area contributed by atoms with Crippen LogP contribution in [0, 0.1) is 0 Å². The highest BCUT2D eigenvalue weighted by atomic mass is 16.4. The first-order valence-electron chi connectivity index (χ1n) is 7.02. The van der Waals surface area contributed by atoms with Crippen LogP contribution in [0.3, 0.4) is 0 Å². The van der Waals surface area contributed by atoms with Gasteiger partial charge in [0.2, 0.25) is 5.91 Å². The highest BCUT2D eigenvalue weighted by molar-refractivity contribution is 5.80. The molecule has 0 unspecified atom stereocenters. The van der Waals surface area contributed by atoms with Gasteiger partial charge in [-0.05, 0) is 32.7 Å². The Hall–Kier alpha value is -1.36. The number of carbonyl (C=O) groups excluding carboxylic acids is 1. The van der Waals surface area contributed by atoms with E-state index >= 15 is 0 Å². The minimum Gasteiger partial charge on any atom is -0.481 e. The molecule has 0 aromatic carbocycles. The lowest BCUT2D eigenvalue weighted by molar-refractivity contribution is -0.138. The molecule has 0 aromatic heterocycles. The quantitative estimate of drug-likeness (QED) is 0.728. The van der Waals surface area contributed by atoms with Gasteiger partial charge in [-0.3, -0.25) is 14.5 Å². The monoisotopic (exact) mass is 268 g/mol. The van der Waals surface area contributed by atoms with Crippen molar-refractivity contribution in [2.45, 2.75) is 39.5 Å². The van der Waals surface area contributed by atoms with Crippen LogP contribution in [-0.4, -0.2) is 53.0 Å². The summed E-state index contributed by atoms with van der Waals surface area (Å²) in [6, 6.07) is 0. The molecule has 1 aliphatic rings. The fourth-order valence-corrected chi connectivity index (χ4v) is 2.32. The molecular formula is C14H24N2O3. The van der Waals surface area contributed by atoms with Crippen LogP contribution in [0.4, 0.5) is 0 Å². The maximum Gasteiger partial charge on any atom is 0.304 e. The molecule has 0 saturated carbocycles. The predicted molar refractivity (Wildman–Crippen MR) is 73.7 cm³/mol. The zero-order valence-electron chi connectivity index (χ0n) is 11.9. The summed E-state index contributed by atoms with van der Waals surface area (Å²) in [7, 11) is 0. The molecule has 19 heavy (non-hydrogen) atoms. The van der Waals surface area contributed by atoms with Crippen molar-refractivity contribution in [1.82, 2.24) is 9.80 Å². The highest BCUT2D eigenvalue weighted by Crippen LogP contribution is 2.21. The number of hydrogen-bond acceptors (Lipinski definition) is 3. The summed E-state index contributed by atoms with van der Waals surface area (Å²) < 4.78 is 0. The van der Waals surface area contributed by atoms with Crippen molar-refractivity contribution in [3.8, 4) is 0 Å². The fraction of sp³-hybridized carbons (Fsp3) is 0.714. The van der Waals surface area contributed by atoms with Gasteiger partial charge in [-0.15, -0.1) is 0 Å². The Morgan fingerprint density at radius 1 is 1.32 bits per heavy atom. The van der Waals surface area contributed by atoms with Crippen molar-refractivity contribution in [3.63, 3.8) is 0 Å². The summed E-state index contributed by atoms with van der Waals surface area (Å²) in [5.41, 5.74) is 1.13. The normalized spacial score (nSPS) is 14.6. The Bertz CT molecular complexity index is 353. The van der Waals surface area contributed by atoms with Crippen LogP contribution < -0.4 is 0 Å². The number of rotatable bonds is 8. The van der Waals surface area contributed by atoms with Crippen LogP contribution in [0.1, 0.15) is 39.5 Å². The van der Waals surface area contributed by atoms with E-state index in [1.54, 1.807) is 0 Å². The van der Waals surface area contributed by atoms with Crippen LogP contribution in [0.25, 0.3) is 0 Å². The van der Waals surface area contributed by atoms with Crippen LogP contribution >= 0.6 is 0 Å². The molecule has 1 N–H and O–H groups in total. The lowest BCUT2D eigenvalue weighted by atomic mass is 10.3. The summed E-state index contributed by atoms with van der Waals surface area (Å²) in [4.78, 5) is 26.6. The van der Waals surface area contributed by atoms with E-state index in [1.165, 1.54) is 0 Å². The number of likely N-dealkylation sites (N-methyl/N-ethyl adjacent to an activating group) is 2. The number of amides is 1. The van der Waals surface area contributed by atoms with Crippen LogP contribution in [0.2, 0.25) is 0 Å². The fourth-order valence-electron chi connectivity index (χ4n) is 2.32. The van der Waals surface area contributed by atoms with Gasteiger partial charge in [0.25, 0.3) is 0 Å². The predicted octanol–water partition coefficient (Wildman–Crippen LogP) is 1.70. The zero-order chi connectivity index (χ0) is 14.3. The SMILES string of the molecule is CCN(CCC(=O)O)CC(=O)N(CC)C1=CCCC1. The molecule has 0 heterocycles. The maximum absolute atomic E-state index is 12.3. The molecule has 0 aliphatic heterocycles.